The first-order valence-corrected chi connectivity index (χ1v) is 11.8. The highest BCUT2D eigenvalue weighted by molar-refractivity contribution is 7.51. The molecule has 3 fully saturated rings. The minimum absolute atomic E-state index is 0.145. The van der Waals surface area contributed by atoms with Gasteiger partial charge in [-0.25, -0.2) is 18.1 Å². The van der Waals surface area contributed by atoms with Crippen molar-refractivity contribution < 1.29 is 22.9 Å². The molecule has 1 unspecified atom stereocenters. The highest BCUT2D eigenvalue weighted by Gasteiger charge is 2.74. The molecule has 0 amide bonds. The average Bonchev–Trinajstić information content (AvgIpc) is 2.70. The molecule has 3 aliphatic heterocycles. The van der Waals surface area contributed by atoms with E-state index in [1.54, 1.807) is 0 Å². The molecule has 1 atom stereocenters. The van der Waals surface area contributed by atoms with Gasteiger partial charge in [-0.1, -0.05) is 60.7 Å². The van der Waals surface area contributed by atoms with E-state index < -0.39 is 19.2 Å². The predicted octanol–water partition coefficient (Wildman–Crippen LogP) is 4.89. The largest absolute Gasteiger partial charge is 0.488 e. The van der Waals surface area contributed by atoms with E-state index >= 15 is 0 Å². The summed E-state index contributed by atoms with van der Waals surface area (Å²) in [7, 11) is 0.868. The van der Waals surface area contributed by atoms with E-state index in [1.807, 2.05) is 74.8 Å². The van der Waals surface area contributed by atoms with E-state index in [-0.39, 0.29) is 11.8 Å². The highest BCUT2D eigenvalue weighted by Crippen LogP contribution is 2.81. The predicted molar refractivity (Wildman–Crippen MR) is 114 cm³/mol. The molecule has 2 aromatic carbocycles. The number of ketones is 1. The first kappa shape index (κ1) is 21.4. The second-order valence-corrected chi connectivity index (χ2v) is 9.78. The molecule has 160 valence electrons. The number of phosphoric acid groups is 1. The Kier molecular flexibility index (Phi) is 5.73. The Morgan fingerprint density at radius 2 is 1.50 bits per heavy atom. The summed E-state index contributed by atoms with van der Waals surface area (Å²) < 4.78 is 26.8. The standard InChI is InChI=1S/C23H28NO5P/c1-18(24(2)3)17-22(19-11-6-4-7-12-19,20-13-8-5-9-14-20)21(25)15-10-16-23-27-30(26,28-23)29-23/h4-9,11-14,18H,10,15-17H2,1-3H3. The third-order valence-electron chi connectivity index (χ3n) is 6.13. The normalized spacial score (nSPS) is 26.0. The monoisotopic (exact) mass is 429 g/mol. The number of hydrogen-bond acceptors (Lipinski definition) is 6. The average molecular weight is 429 g/mol. The van der Waals surface area contributed by atoms with E-state index in [1.165, 1.54) is 0 Å². The summed E-state index contributed by atoms with van der Waals surface area (Å²) in [6, 6.07) is 20.2. The van der Waals surface area contributed by atoms with Gasteiger partial charge in [0.05, 0.1) is 5.41 Å². The molecule has 0 saturated carbocycles. The molecular weight excluding hydrogens is 401 g/mol. The van der Waals surface area contributed by atoms with Crippen LogP contribution in [0, 0.1) is 0 Å². The van der Waals surface area contributed by atoms with Crippen molar-refractivity contribution >= 4 is 13.6 Å². The molecule has 5 rings (SSSR count). The van der Waals surface area contributed by atoms with Crippen molar-refractivity contribution in [2.75, 3.05) is 14.1 Å². The van der Waals surface area contributed by atoms with E-state index in [2.05, 4.69) is 11.8 Å². The number of phosphoric ester groups is 1. The van der Waals surface area contributed by atoms with Crippen LogP contribution in [0.2, 0.25) is 0 Å². The number of Topliss-reactive ketones (excluding diaryl/α,β-unsaturated/α-hetero) is 1. The minimum atomic E-state index is -3.20. The molecule has 7 heteroatoms. The van der Waals surface area contributed by atoms with Gasteiger partial charge in [-0.2, -0.15) is 0 Å². The summed E-state index contributed by atoms with van der Waals surface area (Å²) in [6.45, 7) is 2.14. The number of nitrogens with zero attached hydrogens (tertiary/aromatic N) is 1. The van der Waals surface area contributed by atoms with E-state index in [9.17, 15) is 9.36 Å². The number of benzene rings is 2. The van der Waals surface area contributed by atoms with Crippen molar-refractivity contribution in [3.63, 3.8) is 0 Å². The number of rotatable bonds is 10. The van der Waals surface area contributed by atoms with Gasteiger partial charge in [0.1, 0.15) is 5.78 Å². The van der Waals surface area contributed by atoms with Gasteiger partial charge in [-0.05, 0) is 45.0 Å². The summed E-state index contributed by atoms with van der Waals surface area (Å²) in [5.74, 6) is -1.04. The van der Waals surface area contributed by atoms with Crippen LogP contribution in [0.4, 0.5) is 0 Å². The lowest BCUT2D eigenvalue weighted by Crippen LogP contribution is -2.56. The van der Waals surface area contributed by atoms with Crippen molar-refractivity contribution in [2.45, 2.75) is 50.0 Å². The van der Waals surface area contributed by atoms with Gasteiger partial charge in [0.2, 0.25) is 0 Å². The highest BCUT2D eigenvalue weighted by atomic mass is 31.2. The summed E-state index contributed by atoms with van der Waals surface area (Å²) in [5.41, 5.74) is 1.23. The lowest BCUT2D eigenvalue weighted by Gasteiger charge is -2.55. The maximum Gasteiger partial charge on any atom is 0.488 e. The Morgan fingerprint density at radius 3 is 1.93 bits per heavy atom. The summed E-state index contributed by atoms with van der Waals surface area (Å²) >= 11 is 0. The second-order valence-electron chi connectivity index (χ2n) is 8.33. The van der Waals surface area contributed by atoms with Crippen LogP contribution in [0.25, 0.3) is 0 Å². The van der Waals surface area contributed by atoms with Crippen molar-refractivity contribution in [1.29, 1.82) is 0 Å². The van der Waals surface area contributed by atoms with Gasteiger partial charge in [-0.15, -0.1) is 0 Å². The molecule has 0 aliphatic carbocycles. The lowest BCUT2D eigenvalue weighted by molar-refractivity contribution is -0.430. The Balaban J connectivity index is 1.64. The number of carbonyl (C=O) groups excluding carboxylic acids is 1. The molecule has 3 saturated heterocycles. The second kappa shape index (κ2) is 8.03. The number of hydrogen-bond donors (Lipinski definition) is 0. The summed E-state index contributed by atoms with van der Waals surface area (Å²) in [5, 5.41) is 0. The smallest absolute Gasteiger partial charge is 0.307 e. The maximum atomic E-state index is 13.9. The van der Waals surface area contributed by atoms with Crippen LogP contribution < -0.4 is 0 Å². The van der Waals surface area contributed by atoms with Crippen molar-refractivity contribution in [3.05, 3.63) is 71.8 Å². The van der Waals surface area contributed by atoms with Crippen molar-refractivity contribution in [2.24, 2.45) is 0 Å². The van der Waals surface area contributed by atoms with Crippen LogP contribution in [0.3, 0.4) is 0 Å². The minimum Gasteiger partial charge on any atom is -0.307 e. The van der Waals surface area contributed by atoms with Gasteiger partial charge in [0, 0.05) is 18.9 Å². The fraction of sp³-hybridized carbons (Fsp3) is 0.435. The van der Waals surface area contributed by atoms with Crippen LogP contribution in [0.5, 0.6) is 0 Å². The first-order valence-electron chi connectivity index (χ1n) is 10.3. The van der Waals surface area contributed by atoms with Crippen LogP contribution >= 0.6 is 7.82 Å². The van der Waals surface area contributed by atoms with Crippen molar-refractivity contribution in [3.8, 4) is 0 Å². The van der Waals surface area contributed by atoms with Gasteiger partial charge >= 0.3 is 13.8 Å². The molecule has 6 nitrogen and oxygen atoms in total. The molecule has 2 aromatic rings. The molecule has 0 radical (unpaired) electrons. The van der Waals surface area contributed by atoms with Gasteiger partial charge < -0.3 is 4.90 Å². The van der Waals surface area contributed by atoms with E-state index in [4.69, 9.17) is 13.6 Å². The molecule has 0 spiro atoms. The van der Waals surface area contributed by atoms with Crippen LogP contribution in [0.15, 0.2) is 60.7 Å². The Morgan fingerprint density at radius 1 is 1.00 bits per heavy atom. The van der Waals surface area contributed by atoms with Crippen LogP contribution in [-0.4, -0.2) is 36.8 Å². The Hall–Kier alpha value is -1.82. The van der Waals surface area contributed by atoms with E-state index in [0.29, 0.717) is 25.7 Å². The topological polar surface area (TPSA) is 65.1 Å². The molecule has 30 heavy (non-hydrogen) atoms. The Labute approximate surface area is 177 Å². The zero-order chi connectivity index (χ0) is 21.4. The van der Waals surface area contributed by atoms with Crippen molar-refractivity contribution in [1.82, 2.24) is 4.90 Å². The molecule has 2 bridgehead atoms. The van der Waals surface area contributed by atoms with Crippen LogP contribution in [0.1, 0.15) is 43.7 Å². The van der Waals surface area contributed by atoms with E-state index in [0.717, 1.165) is 11.1 Å². The molecule has 0 N–H and O–H groups in total. The fourth-order valence-electron chi connectivity index (χ4n) is 4.26. The third-order valence-corrected chi connectivity index (χ3v) is 7.64. The SMILES string of the molecule is CC(CC(C(=O)CCCC12OP(=O)(O1)O2)(c1ccccc1)c1ccccc1)N(C)C. The summed E-state index contributed by atoms with van der Waals surface area (Å²) in [4.78, 5) is 16.0. The zero-order valence-electron chi connectivity index (χ0n) is 17.6. The first-order chi connectivity index (χ1) is 14.3. The zero-order valence-corrected chi connectivity index (χ0v) is 18.5. The molecule has 0 aromatic heterocycles. The molecule has 3 aliphatic rings. The van der Waals surface area contributed by atoms with Crippen LogP contribution in [-0.2, 0) is 28.3 Å². The molecule has 3 heterocycles. The van der Waals surface area contributed by atoms with Gasteiger partial charge in [-0.3, -0.25) is 4.79 Å². The quantitative estimate of drug-likeness (QED) is 0.501. The number of carbonyl (C=O) groups is 1. The third kappa shape index (κ3) is 3.79. The lowest BCUT2D eigenvalue weighted by atomic mass is 9.66. The van der Waals surface area contributed by atoms with Gasteiger partial charge in [0.25, 0.3) is 0 Å². The molecular formula is C23H28NO5P. The van der Waals surface area contributed by atoms with Gasteiger partial charge in [0.15, 0.2) is 0 Å². The maximum absolute atomic E-state index is 13.9. The fourth-order valence-corrected chi connectivity index (χ4v) is 5.59. The Bertz CT molecular complexity index is 881. The summed E-state index contributed by atoms with van der Waals surface area (Å²) in [6.07, 6.45) is 1.91.